The molecule has 0 unspecified atom stereocenters. The molecule has 64 valence electrons. The van der Waals surface area contributed by atoms with Gasteiger partial charge in [0.1, 0.15) is 6.04 Å². The Morgan fingerprint density at radius 3 is 2.27 bits per heavy atom. The molecule has 1 atom stereocenters. The van der Waals surface area contributed by atoms with Crippen LogP contribution in [-0.2, 0) is 9.59 Å². The van der Waals surface area contributed by atoms with Crippen molar-refractivity contribution in [3.63, 3.8) is 0 Å². The Labute approximate surface area is 69.4 Å². The van der Waals surface area contributed by atoms with Crippen LogP contribution >= 0.6 is 12.6 Å². The summed E-state index contributed by atoms with van der Waals surface area (Å²) >= 11 is 3.65. The van der Waals surface area contributed by atoms with Gasteiger partial charge in [0, 0.05) is 5.75 Å². The minimum Gasteiger partial charge on any atom is -0.480 e. The highest BCUT2D eigenvalue weighted by Gasteiger charge is 2.10. The van der Waals surface area contributed by atoms with Crippen LogP contribution in [-0.4, -0.2) is 35.3 Å². The van der Waals surface area contributed by atoms with Crippen LogP contribution in [0.4, 0.5) is 0 Å². The number of nitrogens with two attached hydrogens (primary N) is 1. The number of carbonyl (C=O) groups excluding carboxylic acids is 1. The molecule has 1 aliphatic heterocycles. The molecule has 6 heteroatoms. The lowest BCUT2D eigenvalue weighted by Gasteiger charge is -1.96. The topological polar surface area (TPSA) is 102 Å². The fourth-order valence-corrected chi connectivity index (χ4v) is 0.270. The first kappa shape index (κ1) is 10.2. The van der Waals surface area contributed by atoms with E-state index in [0.717, 1.165) is 0 Å². The molecule has 4 N–H and O–H groups in total. The van der Waals surface area contributed by atoms with Gasteiger partial charge in [0.15, 0.2) is 0 Å². The summed E-state index contributed by atoms with van der Waals surface area (Å²) in [7, 11) is 0. The summed E-state index contributed by atoms with van der Waals surface area (Å²) in [4.78, 5) is 19.2. The molecule has 1 saturated heterocycles. The highest BCUT2D eigenvalue weighted by atomic mass is 32.1. The molecule has 0 spiro atoms. The molecule has 1 rings (SSSR count). The predicted octanol–water partition coefficient (Wildman–Crippen LogP) is -1.56. The van der Waals surface area contributed by atoms with E-state index in [0.29, 0.717) is 6.54 Å². The number of nitrogens with one attached hydrogen (secondary N) is 1. The van der Waals surface area contributed by atoms with E-state index in [1.54, 1.807) is 0 Å². The zero-order chi connectivity index (χ0) is 8.85. The van der Waals surface area contributed by atoms with Gasteiger partial charge in [-0.1, -0.05) is 0 Å². The third-order valence-electron chi connectivity index (χ3n) is 0.835. The Morgan fingerprint density at radius 1 is 1.91 bits per heavy atom. The van der Waals surface area contributed by atoms with Crippen molar-refractivity contribution in [2.45, 2.75) is 6.04 Å². The van der Waals surface area contributed by atoms with Crippen LogP contribution < -0.4 is 11.1 Å². The van der Waals surface area contributed by atoms with Gasteiger partial charge in [-0.2, -0.15) is 12.6 Å². The van der Waals surface area contributed by atoms with Gasteiger partial charge in [-0.05, 0) is 0 Å². The van der Waals surface area contributed by atoms with Crippen LogP contribution in [0.1, 0.15) is 0 Å². The second-order valence-electron chi connectivity index (χ2n) is 1.90. The molecule has 0 aromatic heterocycles. The number of carbonyl (C=O) groups is 2. The van der Waals surface area contributed by atoms with Gasteiger partial charge in [-0.3, -0.25) is 9.59 Å². The number of carboxylic acid groups (broad SMARTS) is 1. The molecule has 1 amide bonds. The molecular weight excluding hydrogens is 168 g/mol. The van der Waals surface area contributed by atoms with E-state index in [9.17, 15) is 9.59 Å². The molecular formula is C5H10N2O3S. The fourth-order valence-electron chi connectivity index (χ4n) is 0.114. The van der Waals surface area contributed by atoms with Crippen LogP contribution in [0.15, 0.2) is 0 Å². The molecule has 0 saturated carbocycles. The molecule has 1 aliphatic rings. The van der Waals surface area contributed by atoms with Gasteiger partial charge in [-0.25, -0.2) is 0 Å². The molecule has 0 radical (unpaired) electrons. The minimum atomic E-state index is -1.00. The summed E-state index contributed by atoms with van der Waals surface area (Å²) < 4.78 is 0. The van der Waals surface area contributed by atoms with E-state index in [2.05, 4.69) is 17.9 Å². The molecule has 1 heterocycles. The van der Waals surface area contributed by atoms with Crippen molar-refractivity contribution in [3.05, 3.63) is 0 Å². The zero-order valence-electron chi connectivity index (χ0n) is 5.78. The summed E-state index contributed by atoms with van der Waals surface area (Å²) in [6.45, 7) is 0.597. The Hall–Kier alpha value is -0.750. The largest absolute Gasteiger partial charge is 0.480 e. The fraction of sp³-hybridized carbons (Fsp3) is 0.600. The number of thiol groups is 1. The zero-order valence-corrected chi connectivity index (χ0v) is 6.67. The van der Waals surface area contributed by atoms with E-state index in [1.807, 2.05) is 0 Å². The van der Waals surface area contributed by atoms with E-state index >= 15 is 0 Å². The summed E-state index contributed by atoms with van der Waals surface area (Å²) in [5.74, 6) is -0.648. The number of carboxylic acids is 1. The van der Waals surface area contributed by atoms with E-state index in [1.165, 1.54) is 0 Å². The first-order valence-electron chi connectivity index (χ1n) is 2.94. The highest BCUT2D eigenvalue weighted by Crippen LogP contribution is 1.80. The van der Waals surface area contributed by atoms with Gasteiger partial charge in [0.25, 0.3) is 0 Å². The number of hydrogen-bond donors (Lipinski definition) is 4. The second kappa shape index (κ2) is 4.97. The normalized spacial score (nSPS) is 15.6. The Balaban J connectivity index is 0.000000207. The average molecular weight is 178 g/mol. The van der Waals surface area contributed by atoms with Crippen LogP contribution in [0, 0.1) is 0 Å². The van der Waals surface area contributed by atoms with E-state index in [4.69, 9.17) is 10.8 Å². The third kappa shape index (κ3) is 7.14. The average Bonchev–Trinajstić information content (AvgIpc) is 2.71. The van der Waals surface area contributed by atoms with Crippen molar-refractivity contribution in [1.29, 1.82) is 0 Å². The van der Waals surface area contributed by atoms with Crippen molar-refractivity contribution in [2.24, 2.45) is 5.73 Å². The van der Waals surface area contributed by atoms with Crippen molar-refractivity contribution < 1.29 is 14.7 Å². The quantitative estimate of drug-likeness (QED) is 0.303. The molecule has 0 aromatic carbocycles. The van der Waals surface area contributed by atoms with Gasteiger partial charge in [0.05, 0.1) is 6.54 Å². The minimum absolute atomic E-state index is 0.167. The summed E-state index contributed by atoms with van der Waals surface area (Å²) in [5, 5.41) is 10.5. The maximum atomic E-state index is 9.76. The lowest BCUT2D eigenvalue weighted by atomic mass is 10.4. The van der Waals surface area contributed by atoms with Crippen molar-refractivity contribution >= 4 is 24.5 Å². The van der Waals surface area contributed by atoms with Gasteiger partial charge in [-0.15, -0.1) is 0 Å². The van der Waals surface area contributed by atoms with Gasteiger partial charge >= 0.3 is 5.97 Å². The molecule has 11 heavy (non-hydrogen) atoms. The second-order valence-corrected chi connectivity index (χ2v) is 2.27. The monoisotopic (exact) mass is 178 g/mol. The lowest BCUT2D eigenvalue weighted by molar-refractivity contribution is -0.137. The number of hydrogen-bond acceptors (Lipinski definition) is 4. The Bertz CT molecular complexity index is 156. The smallest absolute Gasteiger partial charge is 0.321 e. The van der Waals surface area contributed by atoms with Crippen molar-refractivity contribution in [3.8, 4) is 0 Å². The number of amides is 1. The molecule has 1 fully saturated rings. The maximum Gasteiger partial charge on any atom is 0.321 e. The Morgan fingerprint density at radius 2 is 2.27 bits per heavy atom. The number of rotatable bonds is 2. The van der Waals surface area contributed by atoms with Crippen LogP contribution in [0.5, 0.6) is 0 Å². The van der Waals surface area contributed by atoms with Crippen LogP contribution in [0.3, 0.4) is 0 Å². The summed E-state index contributed by atoms with van der Waals surface area (Å²) in [6.07, 6.45) is 0. The third-order valence-corrected chi connectivity index (χ3v) is 1.23. The van der Waals surface area contributed by atoms with E-state index in [-0.39, 0.29) is 11.7 Å². The summed E-state index contributed by atoms with van der Waals surface area (Å²) in [6, 6.07) is -0.816. The van der Waals surface area contributed by atoms with E-state index < -0.39 is 12.0 Å². The molecule has 0 bridgehead atoms. The van der Waals surface area contributed by atoms with Crippen LogP contribution in [0.25, 0.3) is 0 Å². The predicted molar refractivity (Wildman–Crippen MR) is 42.5 cm³/mol. The molecule has 0 aliphatic carbocycles. The maximum absolute atomic E-state index is 9.76. The highest BCUT2D eigenvalue weighted by molar-refractivity contribution is 7.80. The first-order valence-corrected chi connectivity index (χ1v) is 3.57. The molecule has 5 nitrogen and oxygen atoms in total. The summed E-state index contributed by atoms with van der Waals surface area (Å²) in [5.41, 5.74) is 4.94. The first-order chi connectivity index (χ1) is 5.07. The number of aliphatic carboxylic acids is 1. The van der Waals surface area contributed by atoms with Crippen molar-refractivity contribution in [1.82, 2.24) is 5.32 Å². The van der Waals surface area contributed by atoms with Crippen molar-refractivity contribution in [2.75, 3.05) is 12.3 Å². The van der Waals surface area contributed by atoms with Gasteiger partial charge in [0.2, 0.25) is 5.91 Å². The van der Waals surface area contributed by atoms with Crippen LogP contribution in [0.2, 0.25) is 0 Å². The molecule has 0 aromatic rings. The standard InChI is InChI=1S/C3H7NO2S.C2H3NO/c4-2(1-7)3(5)6;4-2-1-3-2/h2,7H,1,4H2,(H,5,6);1H2,(H,3,4)/t2-;/m0./s1. The van der Waals surface area contributed by atoms with Gasteiger partial charge < -0.3 is 16.2 Å². The Kier molecular flexibility index (Phi) is 4.64. The SMILES string of the molecule is N[C@@H](CS)C(=O)O.O=C1CN1. The lowest BCUT2D eigenvalue weighted by Crippen LogP contribution is -2.31.